The molecule has 0 bridgehead atoms. The molecule has 0 spiro atoms. The van der Waals surface area contributed by atoms with Gasteiger partial charge < -0.3 is 5.73 Å². The van der Waals surface area contributed by atoms with Crippen LogP contribution in [0.3, 0.4) is 0 Å². The lowest BCUT2D eigenvalue weighted by atomic mass is 10.1. The van der Waals surface area contributed by atoms with Gasteiger partial charge >= 0.3 is 0 Å². The van der Waals surface area contributed by atoms with E-state index < -0.39 is 0 Å². The largest absolute Gasteiger partial charge is 0.330 e. The summed E-state index contributed by atoms with van der Waals surface area (Å²) < 4.78 is 0. The molecule has 0 saturated heterocycles. The number of benzene rings is 2. The molecule has 0 aromatic heterocycles. The first-order chi connectivity index (χ1) is 9.38. The first kappa shape index (κ1) is 13.3. The highest BCUT2D eigenvalue weighted by atomic mass is 14.5. The van der Waals surface area contributed by atoms with Gasteiger partial charge in [0, 0.05) is 12.5 Å². The van der Waals surface area contributed by atoms with Crippen LogP contribution in [0.2, 0.25) is 0 Å². The summed E-state index contributed by atoms with van der Waals surface area (Å²) in [7, 11) is 0. The van der Waals surface area contributed by atoms with Gasteiger partial charge in [-0.2, -0.15) is 0 Å². The second-order valence-corrected chi connectivity index (χ2v) is 4.44. The molecule has 0 radical (unpaired) electrons. The van der Waals surface area contributed by atoms with Crippen molar-refractivity contribution in [1.82, 2.24) is 0 Å². The van der Waals surface area contributed by atoms with E-state index in [1.807, 2.05) is 36.4 Å². The molecular formula is C18H19N. The van der Waals surface area contributed by atoms with E-state index in [2.05, 4.69) is 48.6 Å². The first-order valence-electron chi connectivity index (χ1n) is 6.55. The van der Waals surface area contributed by atoms with Crippen molar-refractivity contribution < 1.29 is 0 Å². The average molecular weight is 249 g/mol. The molecular weight excluding hydrogens is 230 g/mol. The van der Waals surface area contributed by atoms with Crippen LogP contribution in [0.15, 0.2) is 72.8 Å². The molecule has 1 heteroatoms. The van der Waals surface area contributed by atoms with Gasteiger partial charge in [-0.3, -0.25) is 0 Å². The van der Waals surface area contributed by atoms with Crippen LogP contribution < -0.4 is 5.73 Å². The average Bonchev–Trinajstić information content (AvgIpc) is 2.49. The minimum absolute atomic E-state index is 0.264. The van der Waals surface area contributed by atoms with Crippen LogP contribution in [0, 0.1) is 5.92 Å². The summed E-state index contributed by atoms with van der Waals surface area (Å²) in [4.78, 5) is 0. The monoisotopic (exact) mass is 249 g/mol. The highest BCUT2D eigenvalue weighted by molar-refractivity contribution is 5.52. The summed E-state index contributed by atoms with van der Waals surface area (Å²) in [6.07, 6.45) is 8.53. The third kappa shape index (κ3) is 4.57. The standard InChI is InChI=1S/C18H19N/c19-15-18(13-11-16-7-3-1-4-8-16)14-12-17-9-5-2-6-10-17/h1-14,18H,15,19H2. The van der Waals surface area contributed by atoms with Crippen LogP contribution in [-0.2, 0) is 0 Å². The van der Waals surface area contributed by atoms with Gasteiger partial charge in [-0.25, -0.2) is 0 Å². The zero-order valence-electron chi connectivity index (χ0n) is 10.9. The van der Waals surface area contributed by atoms with E-state index in [-0.39, 0.29) is 5.92 Å². The predicted octanol–water partition coefficient (Wildman–Crippen LogP) is 3.99. The Balaban J connectivity index is 2.01. The Labute approximate surface area is 115 Å². The molecule has 0 atom stereocenters. The summed E-state index contributed by atoms with van der Waals surface area (Å²) in [6.45, 7) is 0.618. The summed E-state index contributed by atoms with van der Waals surface area (Å²) in [5, 5.41) is 0. The zero-order chi connectivity index (χ0) is 13.3. The van der Waals surface area contributed by atoms with Crippen LogP contribution in [0.1, 0.15) is 11.1 Å². The summed E-state index contributed by atoms with van der Waals surface area (Å²) in [6, 6.07) is 20.5. The van der Waals surface area contributed by atoms with Gasteiger partial charge in [-0.1, -0.05) is 85.0 Å². The third-order valence-electron chi connectivity index (χ3n) is 2.94. The summed E-state index contributed by atoms with van der Waals surface area (Å²) in [5.74, 6) is 0.264. The van der Waals surface area contributed by atoms with Crippen molar-refractivity contribution in [3.63, 3.8) is 0 Å². The van der Waals surface area contributed by atoms with Crippen molar-refractivity contribution in [2.45, 2.75) is 0 Å². The molecule has 2 rings (SSSR count). The SMILES string of the molecule is NCC(C=Cc1ccccc1)C=Cc1ccccc1. The molecule has 2 aromatic rings. The Bertz CT molecular complexity index is 477. The molecule has 0 amide bonds. The molecule has 1 nitrogen and oxygen atoms in total. The molecule has 19 heavy (non-hydrogen) atoms. The van der Waals surface area contributed by atoms with Crippen molar-refractivity contribution in [1.29, 1.82) is 0 Å². The molecule has 0 aliphatic rings. The lowest BCUT2D eigenvalue weighted by Gasteiger charge is -2.03. The number of rotatable bonds is 5. The quantitative estimate of drug-likeness (QED) is 0.852. The fraction of sp³-hybridized carbons (Fsp3) is 0.111. The molecule has 96 valence electrons. The van der Waals surface area contributed by atoms with Gasteiger partial charge in [0.1, 0.15) is 0 Å². The van der Waals surface area contributed by atoms with Crippen LogP contribution in [-0.4, -0.2) is 6.54 Å². The maximum Gasteiger partial charge on any atom is 0.00761 e. The van der Waals surface area contributed by atoms with E-state index in [1.54, 1.807) is 0 Å². The third-order valence-corrected chi connectivity index (χ3v) is 2.94. The molecule has 0 fully saturated rings. The van der Waals surface area contributed by atoms with E-state index >= 15 is 0 Å². The molecule has 2 aromatic carbocycles. The number of nitrogens with two attached hydrogens (primary N) is 1. The maximum atomic E-state index is 5.80. The maximum absolute atomic E-state index is 5.80. The second kappa shape index (κ2) is 7.34. The molecule has 0 aliphatic carbocycles. The Kier molecular flexibility index (Phi) is 5.15. The molecule has 0 unspecified atom stereocenters. The molecule has 2 N–H and O–H groups in total. The van der Waals surface area contributed by atoms with Crippen molar-refractivity contribution >= 4 is 12.2 Å². The topological polar surface area (TPSA) is 26.0 Å². The minimum atomic E-state index is 0.264. The van der Waals surface area contributed by atoms with Crippen molar-refractivity contribution in [2.75, 3.05) is 6.54 Å². The number of hydrogen-bond donors (Lipinski definition) is 1. The van der Waals surface area contributed by atoms with Crippen LogP contribution in [0.25, 0.3) is 12.2 Å². The summed E-state index contributed by atoms with van der Waals surface area (Å²) >= 11 is 0. The lowest BCUT2D eigenvalue weighted by Crippen LogP contribution is -2.09. The van der Waals surface area contributed by atoms with E-state index in [9.17, 15) is 0 Å². The lowest BCUT2D eigenvalue weighted by molar-refractivity contribution is 0.827. The first-order valence-corrected chi connectivity index (χ1v) is 6.55. The fourth-order valence-corrected chi connectivity index (χ4v) is 1.82. The Morgan fingerprint density at radius 2 is 1.16 bits per heavy atom. The van der Waals surface area contributed by atoms with Gasteiger partial charge in [-0.05, 0) is 11.1 Å². The Hall–Kier alpha value is -2.12. The Morgan fingerprint density at radius 3 is 1.53 bits per heavy atom. The van der Waals surface area contributed by atoms with Gasteiger partial charge in [0.15, 0.2) is 0 Å². The Morgan fingerprint density at radius 1 is 0.737 bits per heavy atom. The van der Waals surface area contributed by atoms with Crippen LogP contribution >= 0.6 is 0 Å². The fourth-order valence-electron chi connectivity index (χ4n) is 1.82. The predicted molar refractivity (Wildman–Crippen MR) is 83.5 cm³/mol. The van der Waals surface area contributed by atoms with Crippen LogP contribution in [0.5, 0.6) is 0 Å². The van der Waals surface area contributed by atoms with Crippen molar-refractivity contribution in [3.05, 3.63) is 83.9 Å². The van der Waals surface area contributed by atoms with Crippen molar-refractivity contribution in [3.8, 4) is 0 Å². The molecule has 0 heterocycles. The minimum Gasteiger partial charge on any atom is -0.330 e. The van der Waals surface area contributed by atoms with Crippen LogP contribution in [0.4, 0.5) is 0 Å². The normalized spacial score (nSPS) is 13.1. The van der Waals surface area contributed by atoms with E-state index in [1.165, 1.54) is 11.1 Å². The van der Waals surface area contributed by atoms with E-state index in [0.717, 1.165) is 0 Å². The smallest absolute Gasteiger partial charge is 0.00761 e. The molecule has 0 saturated carbocycles. The van der Waals surface area contributed by atoms with Gasteiger partial charge in [0.2, 0.25) is 0 Å². The van der Waals surface area contributed by atoms with Crippen molar-refractivity contribution in [2.24, 2.45) is 11.7 Å². The second-order valence-electron chi connectivity index (χ2n) is 4.44. The van der Waals surface area contributed by atoms with E-state index in [4.69, 9.17) is 5.73 Å². The zero-order valence-corrected chi connectivity index (χ0v) is 10.9. The summed E-state index contributed by atoms with van der Waals surface area (Å²) in [5.41, 5.74) is 8.20. The van der Waals surface area contributed by atoms with Gasteiger partial charge in [0.25, 0.3) is 0 Å². The highest BCUT2D eigenvalue weighted by Crippen LogP contribution is 2.09. The van der Waals surface area contributed by atoms with Gasteiger partial charge in [-0.15, -0.1) is 0 Å². The van der Waals surface area contributed by atoms with Gasteiger partial charge in [0.05, 0.1) is 0 Å². The number of hydrogen-bond acceptors (Lipinski definition) is 1. The van der Waals surface area contributed by atoms with E-state index in [0.29, 0.717) is 6.54 Å². The highest BCUT2D eigenvalue weighted by Gasteiger charge is 1.96. The molecule has 0 aliphatic heterocycles.